The lowest BCUT2D eigenvalue weighted by atomic mass is 9.94. The Hall–Kier alpha value is -3.55. The number of amides is 2. The summed E-state index contributed by atoms with van der Waals surface area (Å²) in [6, 6.07) is -0.882. The Morgan fingerprint density at radius 3 is 2.32 bits per heavy atom. The molecule has 1 atom stereocenters. The molecule has 0 aromatic heterocycles. The molecule has 0 radical (unpaired) electrons. The monoisotopic (exact) mass is 637 g/mol. The highest BCUT2D eigenvalue weighted by atomic mass is 32.2. The lowest BCUT2D eigenvalue weighted by Crippen LogP contribution is -2.51. The molecule has 0 bridgehead atoms. The molecule has 246 valence electrons. The van der Waals surface area contributed by atoms with Gasteiger partial charge in [-0.3, -0.25) is 14.6 Å². The molecular formula is C30H47N5O8S. The summed E-state index contributed by atoms with van der Waals surface area (Å²) in [6.45, 7) is 14.0. The number of sulfonamides is 1. The van der Waals surface area contributed by atoms with E-state index in [9.17, 15) is 22.8 Å². The van der Waals surface area contributed by atoms with Crippen molar-refractivity contribution in [3.8, 4) is 5.75 Å². The Bertz CT molecular complexity index is 1380. The van der Waals surface area contributed by atoms with Crippen molar-refractivity contribution < 1.29 is 37.0 Å². The second-order valence-corrected chi connectivity index (χ2v) is 13.5. The summed E-state index contributed by atoms with van der Waals surface area (Å²) in [5.74, 6) is -0.357. The molecule has 1 fully saturated rings. The number of piperidine rings is 1. The average molecular weight is 638 g/mol. The summed E-state index contributed by atoms with van der Waals surface area (Å²) in [5, 5.41) is 2.62. The van der Waals surface area contributed by atoms with Gasteiger partial charge in [-0.2, -0.15) is 0 Å². The summed E-state index contributed by atoms with van der Waals surface area (Å²) in [7, 11) is -4.05. The molecule has 0 aliphatic carbocycles. The minimum atomic E-state index is -4.05. The van der Waals surface area contributed by atoms with Crippen LogP contribution >= 0.6 is 0 Å². The molecule has 2 aliphatic heterocycles. The van der Waals surface area contributed by atoms with Gasteiger partial charge in [0.2, 0.25) is 11.9 Å². The Balaban J connectivity index is 1.64. The zero-order chi connectivity index (χ0) is 32.8. The van der Waals surface area contributed by atoms with E-state index in [1.807, 2.05) is 20.8 Å². The molecule has 14 heteroatoms. The van der Waals surface area contributed by atoms with E-state index in [0.717, 1.165) is 16.9 Å². The molecule has 1 saturated heterocycles. The van der Waals surface area contributed by atoms with Gasteiger partial charge >= 0.3 is 12.1 Å². The molecule has 13 nitrogen and oxygen atoms in total. The Kier molecular flexibility index (Phi) is 11.5. The van der Waals surface area contributed by atoms with Gasteiger partial charge in [0.05, 0.1) is 24.0 Å². The van der Waals surface area contributed by atoms with Crippen LogP contribution in [0.15, 0.2) is 9.89 Å². The molecule has 2 aliphatic rings. The van der Waals surface area contributed by atoms with Crippen LogP contribution in [0, 0.1) is 26.7 Å². The van der Waals surface area contributed by atoms with E-state index in [1.54, 1.807) is 32.6 Å². The molecule has 2 heterocycles. The number of nitrogens with one attached hydrogen (secondary N) is 2. The normalized spacial score (nSPS) is 17.3. The predicted molar refractivity (Wildman–Crippen MR) is 165 cm³/mol. The minimum Gasteiger partial charge on any atom is -0.487 e. The van der Waals surface area contributed by atoms with Crippen LogP contribution in [0.4, 0.5) is 4.79 Å². The fraction of sp³-hybridized carbons (Fsp3) is 0.667. The average Bonchev–Trinajstić information content (AvgIpc) is 3.29. The number of fused-ring (bicyclic) bond motifs is 1. The highest BCUT2D eigenvalue weighted by molar-refractivity contribution is 7.90. The van der Waals surface area contributed by atoms with Crippen LogP contribution in [-0.2, 0) is 35.5 Å². The van der Waals surface area contributed by atoms with Crippen molar-refractivity contribution in [2.24, 2.45) is 16.6 Å². The van der Waals surface area contributed by atoms with E-state index in [2.05, 4.69) is 15.0 Å². The van der Waals surface area contributed by atoms with Crippen LogP contribution in [0.2, 0.25) is 0 Å². The highest BCUT2D eigenvalue weighted by Gasteiger charge is 2.37. The van der Waals surface area contributed by atoms with E-state index in [4.69, 9.17) is 19.9 Å². The van der Waals surface area contributed by atoms with E-state index >= 15 is 0 Å². The number of likely N-dealkylation sites (tertiary alicyclic amines) is 1. The summed E-state index contributed by atoms with van der Waals surface area (Å²) in [6.07, 6.45) is 1.37. The lowest BCUT2D eigenvalue weighted by Gasteiger charge is -2.33. The maximum Gasteiger partial charge on any atom is 0.407 e. The third-order valence-electron chi connectivity index (χ3n) is 8.02. The number of aliphatic imine (C=N–C) groups is 1. The van der Waals surface area contributed by atoms with Gasteiger partial charge < -0.3 is 30.2 Å². The van der Waals surface area contributed by atoms with Gasteiger partial charge in [0, 0.05) is 31.6 Å². The van der Waals surface area contributed by atoms with Gasteiger partial charge in [-0.15, -0.1) is 0 Å². The first-order chi connectivity index (χ1) is 20.6. The quantitative estimate of drug-likeness (QED) is 0.142. The van der Waals surface area contributed by atoms with Gasteiger partial charge in [0.1, 0.15) is 17.4 Å². The van der Waals surface area contributed by atoms with Gasteiger partial charge in [-0.05, 0) is 90.8 Å². The molecule has 1 aromatic rings. The zero-order valence-electron chi connectivity index (χ0n) is 26.9. The molecule has 1 aromatic carbocycles. The van der Waals surface area contributed by atoms with Gasteiger partial charge in [-0.25, -0.2) is 17.9 Å². The fourth-order valence-electron chi connectivity index (χ4n) is 5.75. The largest absolute Gasteiger partial charge is 0.487 e. The van der Waals surface area contributed by atoms with Gasteiger partial charge in [-0.1, -0.05) is 0 Å². The third kappa shape index (κ3) is 8.33. The standard InChI is InChI=1S/C30H47N5O8S/c1-8-41-27(37)21-12-15-35(16-13-21)26(36)23(33-29(38)42-9-2)11-10-14-32-28(31)34-44(39,40)25-19(4)18(3)24-22(20(25)5)17-30(6,7)43-24/h21,23H,8-17H2,1-7H3,(H,33,38)(H3,31,32,34)/t23-/m0/s1. The summed E-state index contributed by atoms with van der Waals surface area (Å²) in [4.78, 5) is 43.5. The SMILES string of the molecule is CCOC(=O)N[C@@H](CCCN=C(N)NS(=O)(=O)c1c(C)c(C)c2c(c1C)CC(C)(C)O2)C(=O)N1CCC(C(=O)OCC)CC1. The van der Waals surface area contributed by atoms with Crippen LogP contribution in [0.3, 0.4) is 0 Å². The molecule has 0 saturated carbocycles. The van der Waals surface area contributed by atoms with Crippen molar-refractivity contribution in [1.29, 1.82) is 0 Å². The second-order valence-electron chi connectivity index (χ2n) is 11.8. The van der Waals surface area contributed by atoms with Crippen LogP contribution < -0.4 is 20.5 Å². The van der Waals surface area contributed by atoms with Crippen molar-refractivity contribution >= 4 is 34.0 Å². The Morgan fingerprint density at radius 1 is 1.07 bits per heavy atom. The van der Waals surface area contributed by atoms with E-state index in [1.165, 1.54) is 0 Å². The van der Waals surface area contributed by atoms with Crippen molar-refractivity contribution in [1.82, 2.24) is 14.9 Å². The lowest BCUT2D eigenvalue weighted by molar-refractivity contribution is -0.151. The summed E-state index contributed by atoms with van der Waals surface area (Å²) >= 11 is 0. The maximum absolute atomic E-state index is 13.4. The number of rotatable bonds is 11. The van der Waals surface area contributed by atoms with Crippen LogP contribution in [0.25, 0.3) is 0 Å². The van der Waals surface area contributed by atoms with E-state index in [-0.39, 0.29) is 48.2 Å². The van der Waals surface area contributed by atoms with Crippen molar-refractivity contribution in [2.45, 2.75) is 97.1 Å². The molecule has 2 amide bonds. The number of guanidine groups is 1. The van der Waals surface area contributed by atoms with Crippen molar-refractivity contribution in [2.75, 3.05) is 32.8 Å². The van der Waals surface area contributed by atoms with Gasteiger partial charge in [0.15, 0.2) is 0 Å². The topological polar surface area (TPSA) is 179 Å². The number of esters is 1. The number of nitrogens with zero attached hydrogens (tertiary/aromatic N) is 2. The number of nitrogens with two attached hydrogens (primary N) is 1. The molecule has 44 heavy (non-hydrogen) atoms. The van der Waals surface area contributed by atoms with Crippen molar-refractivity contribution in [3.05, 3.63) is 22.3 Å². The summed E-state index contributed by atoms with van der Waals surface area (Å²) in [5.41, 5.74) is 8.40. The van der Waals surface area contributed by atoms with E-state index in [0.29, 0.717) is 56.5 Å². The van der Waals surface area contributed by atoms with Crippen LogP contribution in [0.1, 0.15) is 75.6 Å². The molecule has 3 rings (SSSR count). The highest BCUT2D eigenvalue weighted by Crippen LogP contribution is 2.43. The number of benzene rings is 1. The number of hydrogen-bond donors (Lipinski definition) is 3. The first-order valence-corrected chi connectivity index (χ1v) is 16.6. The molecule has 0 unspecified atom stereocenters. The zero-order valence-corrected chi connectivity index (χ0v) is 27.7. The smallest absolute Gasteiger partial charge is 0.407 e. The molecule has 0 spiro atoms. The minimum absolute atomic E-state index is 0.108. The number of carbonyl (C=O) groups is 3. The first kappa shape index (κ1) is 34.9. The predicted octanol–water partition coefficient (Wildman–Crippen LogP) is 2.61. The molecular weight excluding hydrogens is 590 g/mol. The fourth-order valence-corrected chi connectivity index (χ4v) is 7.28. The number of ether oxygens (including phenoxy) is 3. The second kappa shape index (κ2) is 14.5. The maximum atomic E-state index is 13.4. The van der Waals surface area contributed by atoms with Crippen molar-refractivity contribution in [3.63, 3.8) is 0 Å². The van der Waals surface area contributed by atoms with Crippen LogP contribution in [0.5, 0.6) is 5.75 Å². The number of carbonyl (C=O) groups excluding carboxylic acids is 3. The van der Waals surface area contributed by atoms with E-state index < -0.39 is 27.8 Å². The Labute approximate surface area is 260 Å². The van der Waals surface area contributed by atoms with Gasteiger partial charge in [0.25, 0.3) is 10.0 Å². The van der Waals surface area contributed by atoms with Crippen LogP contribution in [-0.4, -0.2) is 81.7 Å². The molecule has 4 N–H and O–H groups in total. The first-order valence-electron chi connectivity index (χ1n) is 15.1. The number of hydrogen-bond acceptors (Lipinski definition) is 9. The summed E-state index contributed by atoms with van der Waals surface area (Å²) < 4.78 is 45.4. The number of alkyl carbamates (subject to hydrolysis) is 1. The Morgan fingerprint density at radius 2 is 1.70 bits per heavy atom. The third-order valence-corrected chi connectivity index (χ3v) is 9.65.